The summed E-state index contributed by atoms with van der Waals surface area (Å²) in [5.74, 6) is -0.850. The molecule has 0 spiro atoms. The summed E-state index contributed by atoms with van der Waals surface area (Å²) in [5, 5.41) is 0. The van der Waals surface area contributed by atoms with E-state index in [4.69, 9.17) is 11.5 Å². The number of amides is 2. The van der Waals surface area contributed by atoms with Gasteiger partial charge < -0.3 is 16.4 Å². The quantitative estimate of drug-likeness (QED) is 0.513. The third-order valence-corrected chi connectivity index (χ3v) is 1.18. The molecule has 0 aliphatic rings. The molecule has 5 heteroatoms. The lowest BCUT2D eigenvalue weighted by Gasteiger charge is -2.14. The summed E-state index contributed by atoms with van der Waals surface area (Å²) in [4.78, 5) is 22.6. The van der Waals surface area contributed by atoms with Crippen LogP contribution in [0.15, 0.2) is 0 Å². The van der Waals surface area contributed by atoms with E-state index < -0.39 is 11.9 Å². The Labute approximate surface area is 65.3 Å². The van der Waals surface area contributed by atoms with Crippen molar-refractivity contribution in [2.24, 2.45) is 11.5 Å². The van der Waals surface area contributed by atoms with Crippen LogP contribution in [0.4, 0.5) is 0 Å². The highest BCUT2D eigenvalue weighted by atomic mass is 16.2. The molecule has 0 fully saturated rings. The highest BCUT2D eigenvalue weighted by Gasteiger charge is 2.16. The molecule has 1 atom stereocenters. The van der Waals surface area contributed by atoms with E-state index in [-0.39, 0.29) is 12.3 Å². The topological polar surface area (TPSA) is 89.4 Å². The average Bonchev–Trinajstić information content (AvgIpc) is 1.84. The Balaban J connectivity index is 3.93. The van der Waals surface area contributed by atoms with Crippen molar-refractivity contribution in [2.75, 3.05) is 14.1 Å². The van der Waals surface area contributed by atoms with E-state index in [0.29, 0.717) is 0 Å². The smallest absolute Gasteiger partial charge is 0.239 e. The molecule has 0 saturated carbocycles. The van der Waals surface area contributed by atoms with Crippen LogP contribution in [0.25, 0.3) is 0 Å². The van der Waals surface area contributed by atoms with Gasteiger partial charge in [0.15, 0.2) is 0 Å². The van der Waals surface area contributed by atoms with Crippen molar-refractivity contribution < 1.29 is 9.59 Å². The number of primary amides is 1. The van der Waals surface area contributed by atoms with Crippen LogP contribution in [-0.2, 0) is 9.59 Å². The van der Waals surface area contributed by atoms with Gasteiger partial charge in [-0.05, 0) is 0 Å². The zero-order valence-corrected chi connectivity index (χ0v) is 6.70. The van der Waals surface area contributed by atoms with Crippen molar-refractivity contribution in [3.63, 3.8) is 0 Å². The number of likely N-dealkylation sites (N-methyl/N-ethyl adjacent to an activating group) is 1. The van der Waals surface area contributed by atoms with E-state index in [1.165, 1.54) is 4.90 Å². The number of nitrogens with two attached hydrogens (primary N) is 2. The Morgan fingerprint density at radius 3 is 2.18 bits per heavy atom. The lowest BCUT2D eigenvalue weighted by molar-refractivity contribution is -0.132. The maximum atomic E-state index is 11.0. The van der Waals surface area contributed by atoms with Crippen LogP contribution in [-0.4, -0.2) is 36.9 Å². The van der Waals surface area contributed by atoms with E-state index in [2.05, 4.69) is 0 Å². The van der Waals surface area contributed by atoms with Crippen molar-refractivity contribution >= 4 is 11.8 Å². The summed E-state index contributed by atoms with van der Waals surface area (Å²) < 4.78 is 0. The first-order valence-electron chi connectivity index (χ1n) is 3.20. The molecule has 0 aliphatic carbocycles. The van der Waals surface area contributed by atoms with Crippen LogP contribution in [0.3, 0.4) is 0 Å². The van der Waals surface area contributed by atoms with Gasteiger partial charge in [-0.3, -0.25) is 9.59 Å². The molecule has 0 bridgehead atoms. The molecule has 0 rings (SSSR count). The zero-order chi connectivity index (χ0) is 9.02. The molecular weight excluding hydrogens is 146 g/mol. The first kappa shape index (κ1) is 9.90. The minimum Gasteiger partial charge on any atom is -0.370 e. The first-order chi connectivity index (χ1) is 4.95. The van der Waals surface area contributed by atoms with Gasteiger partial charge in [-0.1, -0.05) is 0 Å². The van der Waals surface area contributed by atoms with Gasteiger partial charge in [-0.25, -0.2) is 0 Å². The summed E-state index contributed by atoms with van der Waals surface area (Å²) >= 11 is 0. The molecule has 64 valence electrons. The largest absolute Gasteiger partial charge is 0.370 e. The van der Waals surface area contributed by atoms with E-state index in [9.17, 15) is 9.59 Å². The van der Waals surface area contributed by atoms with Crippen molar-refractivity contribution in [1.82, 2.24) is 4.90 Å². The predicted molar refractivity (Wildman–Crippen MR) is 40.5 cm³/mol. The Kier molecular flexibility index (Phi) is 3.53. The van der Waals surface area contributed by atoms with Crippen molar-refractivity contribution in [2.45, 2.75) is 12.5 Å². The lowest BCUT2D eigenvalue weighted by Crippen LogP contribution is -2.42. The van der Waals surface area contributed by atoms with Crippen molar-refractivity contribution in [3.05, 3.63) is 0 Å². The molecule has 2 amide bonds. The van der Waals surface area contributed by atoms with Crippen LogP contribution in [0.2, 0.25) is 0 Å². The molecule has 0 heterocycles. The highest BCUT2D eigenvalue weighted by molar-refractivity contribution is 5.87. The van der Waals surface area contributed by atoms with Gasteiger partial charge in [0.2, 0.25) is 11.8 Å². The third-order valence-electron chi connectivity index (χ3n) is 1.18. The SMILES string of the molecule is CN(C)C(=O)C(N)CC(N)=O. The van der Waals surface area contributed by atoms with Gasteiger partial charge in [0.25, 0.3) is 0 Å². The van der Waals surface area contributed by atoms with Crippen LogP contribution in [0.5, 0.6) is 0 Å². The fraction of sp³-hybridized carbons (Fsp3) is 0.667. The van der Waals surface area contributed by atoms with Crippen LogP contribution in [0.1, 0.15) is 6.42 Å². The first-order valence-corrected chi connectivity index (χ1v) is 3.20. The number of hydrogen-bond donors (Lipinski definition) is 2. The second-order valence-corrected chi connectivity index (χ2v) is 2.51. The van der Waals surface area contributed by atoms with Gasteiger partial charge in [0.05, 0.1) is 12.5 Å². The molecule has 0 aliphatic heterocycles. The van der Waals surface area contributed by atoms with Crippen molar-refractivity contribution in [1.29, 1.82) is 0 Å². The highest BCUT2D eigenvalue weighted by Crippen LogP contribution is 1.90. The molecular formula is C6H13N3O2. The maximum Gasteiger partial charge on any atom is 0.239 e. The van der Waals surface area contributed by atoms with Crippen LogP contribution >= 0.6 is 0 Å². The summed E-state index contributed by atoms with van der Waals surface area (Å²) in [6.45, 7) is 0. The molecule has 0 saturated heterocycles. The second kappa shape index (κ2) is 3.92. The second-order valence-electron chi connectivity index (χ2n) is 2.51. The van der Waals surface area contributed by atoms with Crippen molar-refractivity contribution in [3.8, 4) is 0 Å². The Morgan fingerprint density at radius 1 is 1.45 bits per heavy atom. The van der Waals surface area contributed by atoms with Gasteiger partial charge >= 0.3 is 0 Å². The normalized spacial score (nSPS) is 12.3. The van der Waals surface area contributed by atoms with Gasteiger partial charge in [-0.2, -0.15) is 0 Å². The summed E-state index contributed by atoms with van der Waals surface area (Å²) in [5.41, 5.74) is 10.2. The molecule has 4 N–H and O–H groups in total. The average molecular weight is 159 g/mol. The lowest BCUT2D eigenvalue weighted by atomic mass is 10.2. The predicted octanol–water partition coefficient (Wildman–Crippen LogP) is -1.72. The monoisotopic (exact) mass is 159 g/mol. The summed E-state index contributed by atoms with van der Waals surface area (Å²) in [6, 6.07) is -0.803. The zero-order valence-electron chi connectivity index (χ0n) is 6.70. The molecule has 0 aromatic carbocycles. The molecule has 0 aromatic heterocycles. The van der Waals surface area contributed by atoms with Gasteiger partial charge in [0, 0.05) is 14.1 Å². The van der Waals surface area contributed by atoms with E-state index in [1.54, 1.807) is 14.1 Å². The molecule has 5 nitrogen and oxygen atoms in total. The minimum atomic E-state index is -0.803. The van der Waals surface area contributed by atoms with Gasteiger partial charge in [0.1, 0.15) is 0 Å². The third kappa shape index (κ3) is 3.57. The minimum absolute atomic E-state index is 0.100. The number of carbonyl (C=O) groups is 2. The van der Waals surface area contributed by atoms with Crippen LogP contribution in [0, 0.1) is 0 Å². The Bertz CT molecular complexity index is 167. The summed E-state index contributed by atoms with van der Waals surface area (Å²) in [6.07, 6.45) is -0.100. The molecule has 11 heavy (non-hydrogen) atoms. The number of nitrogens with zero attached hydrogens (tertiary/aromatic N) is 1. The van der Waals surface area contributed by atoms with Gasteiger partial charge in [-0.15, -0.1) is 0 Å². The Morgan fingerprint density at radius 2 is 1.91 bits per heavy atom. The van der Waals surface area contributed by atoms with E-state index >= 15 is 0 Å². The molecule has 0 radical (unpaired) electrons. The molecule has 0 aromatic rings. The molecule has 1 unspecified atom stereocenters. The standard InChI is InChI=1S/C6H13N3O2/c1-9(2)6(11)4(7)3-5(8)10/h4H,3,7H2,1-2H3,(H2,8,10). The van der Waals surface area contributed by atoms with Crippen LogP contribution < -0.4 is 11.5 Å². The summed E-state index contributed by atoms with van der Waals surface area (Å²) in [7, 11) is 3.15. The maximum absolute atomic E-state index is 11.0. The fourth-order valence-corrected chi connectivity index (χ4v) is 0.636. The number of carbonyl (C=O) groups excluding carboxylic acids is 2. The van der Waals surface area contributed by atoms with E-state index in [0.717, 1.165) is 0 Å². The fourth-order valence-electron chi connectivity index (χ4n) is 0.636. The number of hydrogen-bond acceptors (Lipinski definition) is 3. The number of rotatable bonds is 3. The Hall–Kier alpha value is -1.10. The van der Waals surface area contributed by atoms with E-state index in [1.807, 2.05) is 0 Å².